The van der Waals surface area contributed by atoms with Gasteiger partial charge >= 0.3 is 6.18 Å². The third kappa shape index (κ3) is 5.29. The molecule has 0 aliphatic heterocycles. The molecule has 0 fully saturated rings. The molecule has 0 saturated carbocycles. The molecule has 9 heteroatoms. The van der Waals surface area contributed by atoms with Crippen molar-refractivity contribution >= 4 is 23.4 Å². The zero-order valence-corrected chi connectivity index (χ0v) is 16.9. The van der Waals surface area contributed by atoms with Gasteiger partial charge in [0, 0.05) is 11.8 Å². The molecule has 0 radical (unpaired) electrons. The maximum Gasteiger partial charge on any atom is 0.416 e. The van der Waals surface area contributed by atoms with Gasteiger partial charge in [0.1, 0.15) is 5.03 Å². The first-order valence-electron chi connectivity index (χ1n) is 8.96. The van der Waals surface area contributed by atoms with Crippen LogP contribution in [-0.2, 0) is 11.0 Å². The van der Waals surface area contributed by atoms with Gasteiger partial charge in [0.2, 0.25) is 5.91 Å². The number of carbonyl (C=O) groups excluding carboxylic acids is 1. The smallest absolute Gasteiger partial charge is 0.325 e. The summed E-state index contributed by atoms with van der Waals surface area (Å²) in [5.74, 6) is -0.478. The monoisotopic (exact) mass is 433 g/mol. The van der Waals surface area contributed by atoms with Gasteiger partial charge in [0.05, 0.1) is 16.5 Å². The predicted molar refractivity (Wildman–Crippen MR) is 110 cm³/mol. The van der Waals surface area contributed by atoms with Crippen LogP contribution in [-0.4, -0.2) is 20.9 Å². The Morgan fingerprint density at radius 3 is 2.47 bits per heavy atom. The summed E-state index contributed by atoms with van der Waals surface area (Å²) in [4.78, 5) is 24.6. The second-order valence-electron chi connectivity index (χ2n) is 6.59. The SMILES string of the molecule is Cc1ccc(-n2nc(S[C@H](C)C(=O)Nc3cccc(C(F)(F)F)c3)ccc2=O)cc1. The van der Waals surface area contributed by atoms with Gasteiger partial charge in [0.15, 0.2) is 0 Å². The summed E-state index contributed by atoms with van der Waals surface area (Å²) in [6.45, 7) is 3.54. The summed E-state index contributed by atoms with van der Waals surface area (Å²) in [6.07, 6.45) is -4.49. The van der Waals surface area contributed by atoms with Crippen molar-refractivity contribution in [3.05, 3.63) is 82.1 Å². The van der Waals surface area contributed by atoms with E-state index in [-0.39, 0.29) is 11.2 Å². The molecule has 1 atom stereocenters. The first-order valence-corrected chi connectivity index (χ1v) is 9.83. The van der Waals surface area contributed by atoms with Crippen molar-refractivity contribution < 1.29 is 18.0 Å². The van der Waals surface area contributed by atoms with Crippen LogP contribution in [0.3, 0.4) is 0 Å². The number of nitrogens with zero attached hydrogens (tertiary/aromatic N) is 2. The van der Waals surface area contributed by atoms with Gasteiger partial charge in [0.25, 0.3) is 5.56 Å². The van der Waals surface area contributed by atoms with Gasteiger partial charge in [-0.05, 0) is 50.2 Å². The zero-order chi connectivity index (χ0) is 21.9. The van der Waals surface area contributed by atoms with E-state index in [1.807, 2.05) is 19.1 Å². The summed E-state index contributed by atoms with van der Waals surface area (Å²) in [7, 11) is 0. The second kappa shape index (κ2) is 8.74. The van der Waals surface area contributed by atoms with Crippen LogP contribution in [0.2, 0.25) is 0 Å². The van der Waals surface area contributed by atoms with Gasteiger partial charge in [-0.1, -0.05) is 35.5 Å². The number of halogens is 3. The fourth-order valence-electron chi connectivity index (χ4n) is 2.58. The molecule has 5 nitrogen and oxygen atoms in total. The summed E-state index contributed by atoms with van der Waals surface area (Å²) >= 11 is 1.10. The number of hydrogen-bond donors (Lipinski definition) is 1. The van der Waals surface area contributed by atoms with E-state index in [2.05, 4.69) is 10.4 Å². The van der Waals surface area contributed by atoms with Crippen molar-refractivity contribution in [3.8, 4) is 5.69 Å². The van der Waals surface area contributed by atoms with Crippen LogP contribution in [0.1, 0.15) is 18.1 Å². The maximum absolute atomic E-state index is 12.8. The van der Waals surface area contributed by atoms with Crippen molar-refractivity contribution in [2.24, 2.45) is 0 Å². The van der Waals surface area contributed by atoms with E-state index in [1.165, 1.54) is 28.9 Å². The van der Waals surface area contributed by atoms with Crippen LogP contribution in [0.15, 0.2) is 70.5 Å². The number of hydrogen-bond acceptors (Lipinski definition) is 4. The van der Waals surface area contributed by atoms with Gasteiger partial charge in [-0.3, -0.25) is 9.59 Å². The molecule has 1 N–H and O–H groups in total. The van der Waals surface area contributed by atoms with Crippen molar-refractivity contribution in [1.82, 2.24) is 9.78 Å². The average Bonchev–Trinajstić information content (AvgIpc) is 2.69. The Morgan fingerprint density at radius 2 is 1.80 bits per heavy atom. The summed E-state index contributed by atoms with van der Waals surface area (Å²) in [5.41, 5.74) is 0.530. The lowest BCUT2D eigenvalue weighted by molar-refractivity contribution is -0.137. The van der Waals surface area contributed by atoms with Crippen LogP contribution in [0.5, 0.6) is 0 Å². The van der Waals surface area contributed by atoms with E-state index in [1.54, 1.807) is 19.1 Å². The number of amides is 1. The van der Waals surface area contributed by atoms with Crippen LogP contribution in [0.4, 0.5) is 18.9 Å². The summed E-state index contributed by atoms with van der Waals surface area (Å²) in [6, 6.07) is 14.5. The van der Waals surface area contributed by atoms with Gasteiger partial charge in [-0.25, -0.2) is 0 Å². The molecular weight excluding hydrogens is 415 g/mol. The molecule has 156 valence electrons. The first kappa shape index (κ1) is 21.6. The fraction of sp³-hybridized carbons (Fsp3) is 0.190. The van der Waals surface area contributed by atoms with Crippen molar-refractivity contribution in [3.63, 3.8) is 0 Å². The van der Waals surface area contributed by atoms with E-state index in [0.29, 0.717) is 10.7 Å². The van der Waals surface area contributed by atoms with Crippen LogP contribution in [0.25, 0.3) is 5.69 Å². The van der Waals surface area contributed by atoms with Crippen molar-refractivity contribution in [1.29, 1.82) is 0 Å². The number of aryl methyl sites for hydroxylation is 1. The minimum absolute atomic E-state index is 0.0554. The molecule has 3 rings (SSSR count). The van der Waals surface area contributed by atoms with Crippen LogP contribution in [0, 0.1) is 6.92 Å². The number of aromatic nitrogens is 2. The largest absolute Gasteiger partial charge is 0.416 e. The Bertz CT molecular complexity index is 1110. The zero-order valence-electron chi connectivity index (χ0n) is 16.1. The molecule has 0 unspecified atom stereocenters. The van der Waals surface area contributed by atoms with Crippen molar-refractivity contribution in [2.45, 2.75) is 30.3 Å². The average molecular weight is 433 g/mol. The van der Waals surface area contributed by atoms with Crippen LogP contribution >= 0.6 is 11.8 Å². The number of benzene rings is 2. The molecule has 0 spiro atoms. The number of carbonyl (C=O) groups is 1. The standard InChI is InChI=1S/C21H18F3N3O2S/c1-13-6-8-17(9-7-13)27-19(28)11-10-18(26-27)30-14(2)20(29)25-16-5-3-4-15(12-16)21(22,23)24/h3-12,14H,1-2H3,(H,25,29)/t14-/m1/s1. The predicted octanol–water partition coefficient (Wildman–Crippen LogP) is 4.68. The Kier molecular flexibility index (Phi) is 6.31. The summed E-state index contributed by atoms with van der Waals surface area (Å²) < 4.78 is 39.7. The summed E-state index contributed by atoms with van der Waals surface area (Å²) in [5, 5.41) is 6.54. The number of alkyl halides is 3. The van der Waals surface area contributed by atoms with E-state index < -0.39 is 22.9 Å². The van der Waals surface area contributed by atoms with E-state index in [0.717, 1.165) is 29.5 Å². The minimum Gasteiger partial charge on any atom is -0.325 e. The Hall–Kier alpha value is -3.07. The van der Waals surface area contributed by atoms with Gasteiger partial charge < -0.3 is 5.32 Å². The normalized spacial score (nSPS) is 12.4. The highest BCUT2D eigenvalue weighted by atomic mass is 32.2. The molecule has 1 heterocycles. The van der Waals surface area contributed by atoms with Crippen molar-refractivity contribution in [2.75, 3.05) is 5.32 Å². The highest BCUT2D eigenvalue weighted by Crippen LogP contribution is 2.31. The maximum atomic E-state index is 12.8. The number of anilines is 1. The molecule has 0 aliphatic carbocycles. The van der Waals surface area contributed by atoms with Gasteiger partial charge in [-0.2, -0.15) is 23.0 Å². The Labute approximate surface area is 174 Å². The third-order valence-corrected chi connectivity index (χ3v) is 5.21. The third-order valence-electron chi connectivity index (χ3n) is 4.18. The lowest BCUT2D eigenvalue weighted by Gasteiger charge is -2.14. The molecule has 1 aromatic heterocycles. The first-order chi connectivity index (χ1) is 14.1. The molecule has 1 amide bonds. The highest BCUT2D eigenvalue weighted by molar-refractivity contribution is 8.00. The minimum atomic E-state index is -4.49. The van der Waals surface area contributed by atoms with Gasteiger partial charge in [-0.15, -0.1) is 0 Å². The molecule has 0 bridgehead atoms. The molecule has 2 aromatic carbocycles. The van der Waals surface area contributed by atoms with E-state index >= 15 is 0 Å². The topological polar surface area (TPSA) is 64.0 Å². The molecule has 0 saturated heterocycles. The van der Waals surface area contributed by atoms with E-state index in [4.69, 9.17) is 0 Å². The molecule has 3 aromatic rings. The van der Waals surface area contributed by atoms with E-state index in [9.17, 15) is 22.8 Å². The number of rotatable bonds is 5. The Morgan fingerprint density at radius 1 is 1.10 bits per heavy atom. The van der Waals surface area contributed by atoms with Crippen LogP contribution < -0.4 is 10.9 Å². The molecule has 0 aliphatic rings. The fourth-order valence-corrected chi connectivity index (χ4v) is 3.38. The number of thioether (sulfide) groups is 1. The molecular formula is C21H18F3N3O2S. The lowest BCUT2D eigenvalue weighted by Crippen LogP contribution is -2.24. The highest BCUT2D eigenvalue weighted by Gasteiger charge is 2.30. The Balaban J connectivity index is 1.73. The second-order valence-corrected chi connectivity index (χ2v) is 7.95. The quantitative estimate of drug-likeness (QED) is 0.594. The number of nitrogens with one attached hydrogen (secondary N) is 1. The molecule has 30 heavy (non-hydrogen) atoms. The lowest BCUT2D eigenvalue weighted by atomic mass is 10.2.